The van der Waals surface area contributed by atoms with E-state index in [0.717, 1.165) is 29.9 Å². The normalized spacial score (nSPS) is 12.7. The van der Waals surface area contributed by atoms with Gasteiger partial charge in [-0.05, 0) is 38.0 Å². The molecular weight excluding hydrogens is 241 g/mol. The molecule has 0 bridgehead atoms. The summed E-state index contributed by atoms with van der Waals surface area (Å²) in [6, 6.07) is 6.71. The zero-order valence-corrected chi connectivity index (χ0v) is 11.7. The second kappa shape index (κ2) is 5.53. The zero-order chi connectivity index (χ0) is 14.0. The summed E-state index contributed by atoms with van der Waals surface area (Å²) in [4.78, 5) is 0. The number of benzene rings is 1. The topological polar surface area (TPSA) is 43.8 Å². The predicted octanol–water partition coefficient (Wildman–Crippen LogP) is 3.16. The van der Waals surface area contributed by atoms with Gasteiger partial charge in [-0.2, -0.15) is 5.10 Å². The fourth-order valence-corrected chi connectivity index (χ4v) is 2.27. The molecule has 4 heteroatoms. The first-order chi connectivity index (χ1) is 9.08. The fourth-order valence-electron chi connectivity index (χ4n) is 2.27. The second-order valence-corrected chi connectivity index (χ2v) is 4.71. The van der Waals surface area contributed by atoms with Crippen LogP contribution in [0.5, 0.6) is 0 Å². The van der Waals surface area contributed by atoms with E-state index in [9.17, 15) is 4.39 Å². The average molecular weight is 261 g/mol. The van der Waals surface area contributed by atoms with Crippen molar-refractivity contribution in [1.29, 1.82) is 0 Å². The lowest BCUT2D eigenvalue weighted by molar-refractivity contribution is 0.587. The molecule has 0 radical (unpaired) electrons. The highest BCUT2D eigenvalue weighted by molar-refractivity contribution is 5.44. The quantitative estimate of drug-likeness (QED) is 0.918. The van der Waals surface area contributed by atoms with Gasteiger partial charge in [-0.3, -0.25) is 0 Å². The lowest BCUT2D eigenvalue weighted by Crippen LogP contribution is -2.14. The van der Waals surface area contributed by atoms with E-state index in [2.05, 4.69) is 25.0 Å². The largest absolute Gasteiger partial charge is 0.324 e. The first kappa shape index (κ1) is 13.7. The van der Waals surface area contributed by atoms with Crippen molar-refractivity contribution >= 4 is 0 Å². The molecule has 1 atom stereocenters. The number of halogens is 1. The highest BCUT2D eigenvalue weighted by Crippen LogP contribution is 2.25. The first-order valence-electron chi connectivity index (χ1n) is 6.70. The van der Waals surface area contributed by atoms with Crippen LogP contribution in [0.1, 0.15) is 43.8 Å². The Morgan fingerprint density at radius 1 is 1.32 bits per heavy atom. The molecule has 0 aliphatic carbocycles. The zero-order valence-electron chi connectivity index (χ0n) is 11.7. The molecule has 0 saturated carbocycles. The van der Waals surface area contributed by atoms with E-state index in [4.69, 9.17) is 5.73 Å². The van der Waals surface area contributed by atoms with Crippen molar-refractivity contribution in [2.75, 3.05) is 0 Å². The maximum atomic E-state index is 14.0. The van der Waals surface area contributed by atoms with E-state index in [1.165, 1.54) is 6.07 Å². The highest BCUT2D eigenvalue weighted by Gasteiger charge is 2.16. The van der Waals surface area contributed by atoms with Crippen molar-refractivity contribution < 1.29 is 4.39 Å². The summed E-state index contributed by atoms with van der Waals surface area (Å²) in [7, 11) is 0. The summed E-state index contributed by atoms with van der Waals surface area (Å²) in [5.74, 6) is -0.275. The summed E-state index contributed by atoms with van der Waals surface area (Å²) >= 11 is 0. The van der Waals surface area contributed by atoms with Crippen molar-refractivity contribution in [3.8, 4) is 5.69 Å². The van der Waals surface area contributed by atoms with E-state index in [0.29, 0.717) is 5.56 Å². The molecule has 1 aromatic heterocycles. The number of nitrogens with two attached hydrogens (primary N) is 1. The van der Waals surface area contributed by atoms with Gasteiger partial charge in [0, 0.05) is 17.3 Å². The molecule has 1 heterocycles. The summed E-state index contributed by atoms with van der Waals surface area (Å²) in [6.45, 7) is 5.92. The van der Waals surface area contributed by atoms with E-state index in [1.807, 2.05) is 10.7 Å². The average Bonchev–Trinajstić information content (AvgIpc) is 2.81. The Morgan fingerprint density at radius 2 is 2.05 bits per heavy atom. The fraction of sp³-hybridized carbons (Fsp3) is 0.400. The van der Waals surface area contributed by atoms with Crippen LogP contribution in [0.3, 0.4) is 0 Å². The van der Waals surface area contributed by atoms with Gasteiger partial charge in [0.25, 0.3) is 0 Å². The minimum absolute atomic E-state index is 0.275. The third-order valence-corrected chi connectivity index (χ3v) is 3.27. The lowest BCUT2D eigenvalue weighted by Gasteiger charge is -2.15. The summed E-state index contributed by atoms with van der Waals surface area (Å²) < 4.78 is 15.8. The Hall–Kier alpha value is -1.68. The molecule has 2 rings (SSSR count). The Labute approximate surface area is 113 Å². The molecule has 0 spiro atoms. The van der Waals surface area contributed by atoms with E-state index < -0.39 is 0 Å². The van der Waals surface area contributed by atoms with Crippen molar-refractivity contribution in [3.05, 3.63) is 47.0 Å². The van der Waals surface area contributed by atoms with Crippen molar-refractivity contribution in [2.45, 2.75) is 39.7 Å². The molecule has 0 aliphatic heterocycles. The van der Waals surface area contributed by atoms with Crippen molar-refractivity contribution in [2.24, 2.45) is 5.73 Å². The number of aromatic nitrogens is 2. The van der Waals surface area contributed by atoms with Gasteiger partial charge in [0.1, 0.15) is 5.82 Å². The second-order valence-electron chi connectivity index (χ2n) is 4.71. The molecule has 2 N–H and O–H groups in total. The molecule has 0 unspecified atom stereocenters. The van der Waals surface area contributed by atoms with Gasteiger partial charge in [-0.1, -0.05) is 19.9 Å². The van der Waals surface area contributed by atoms with Crippen molar-refractivity contribution in [3.63, 3.8) is 0 Å². The van der Waals surface area contributed by atoms with Gasteiger partial charge >= 0.3 is 0 Å². The summed E-state index contributed by atoms with van der Waals surface area (Å²) in [5.41, 5.74) is 9.25. The Kier molecular flexibility index (Phi) is 4.00. The molecular formula is C15H20FN3. The molecule has 19 heavy (non-hydrogen) atoms. The molecule has 3 nitrogen and oxygen atoms in total. The van der Waals surface area contributed by atoms with Gasteiger partial charge < -0.3 is 5.73 Å². The molecule has 1 aromatic carbocycles. The van der Waals surface area contributed by atoms with Gasteiger partial charge in [0.05, 0.1) is 11.4 Å². The SMILES string of the molecule is CCc1cc(CC)n(-c2cccc(F)c2[C@@H](C)N)n1. The maximum absolute atomic E-state index is 14.0. The molecule has 102 valence electrons. The predicted molar refractivity (Wildman–Crippen MR) is 74.9 cm³/mol. The lowest BCUT2D eigenvalue weighted by atomic mass is 10.1. The van der Waals surface area contributed by atoms with Crippen LogP contribution in [0.2, 0.25) is 0 Å². The van der Waals surface area contributed by atoms with Crippen LogP contribution in [-0.2, 0) is 12.8 Å². The van der Waals surface area contributed by atoms with E-state index >= 15 is 0 Å². The summed E-state index contributed by atoms with van der Waals surface area (Å²) in [5, 5.41) is 4.55. The van der Waals surface area contributed by atoms with Gasteiger partial charge in [-0.25, -0.2) is 9.07 Å². The van der Waals surface area contributed by atoms with Crippen LogP contribution in [0.4, 0.5) is 4.39 Å². The molecule has 2 aromatic rings. The van der Waals surface area contributed by atoms with Crippen LogP contribution in [0, 0.1) is 5.82 Å². The number of rotatable bonds is 4. The molecule has 0 aliphatic rings. The minimum atomic E-state index is -0.366. The third kappa shape index (κ3) is 2.54. The summed E-state index contributed by atoms with van der Waals surface area (Å²) in [6.07, 6.45) is 1.71. The van der Waals surface area contributed by atoms with Crippen LogP contribution in [0.25, 0.3) is 5.69 Å². The van der Waals surface area contributed by atoms with Crippen LogP contribution >= 0.6 is 0 Å². The first-order valence-corrected chi connectivity index (χ1v) is 6.70. The maximum Gasteiger partial charge on any atom is 0.130 e. The van der Waals surface area contributed by atoms with E-state index in [1.54, 1.807) is 13.0 Å². The van der Waals surface area contributed by atoms with Crippen LogP contribution in [-0.4, -0.2) is 9.78 Å². The molecule has 0 saturated heterocycles. The van der Waals surface area contributed by atoms with Crippen molar-refractivity contribution in [1.82, 2.24) is 9.78 Å². The Bertz CT molecular complexity index is 573. The Morgan fingerprint density at radius 3 is 2.63 bits per heavy atom. The smallest absolute Gasteiger partial charge is 0.130 e. The third-order valence-electron chi connectivity index (χ3n) is 3.27. The van der Waals surface area contributed by atoms with Crippen LogP contribution < -0.4 is 5.73 Å². The number of aryl methyl sites for hydroxylation is 2. The standard InChI is InChI=1S/C15H20FN3/c1-4-11-9-12(5-2)19(18-11)14-8-6-7-13(16)15(14)10(3)17/h6-10H,4-5,17H2,1-3H3/t10-/m1/s1. The minimum Gasteiger partial charge on any atom is -0.324 e. The Balaban J connectivity index is 2.64. The number of hydrogen-bond acceptors (Lipinski definition) is 2. The van der Waals surface area contributed by atoms with E-state index in [-0.39, 0.29) is 11.9 Å². The monoisotopic (exact) mass is 261 g/mol. The molecule has 0 fully saturated rings. The van der Waals surface area contributed by atoms with Gasteiger partial charge in [-0.15, -0.1) is 0 Å². The number of nitrogens with zero attached hydrogens (tertiary/aromatic N) is 2. The van der Waals surface area contributed by atoms with Gasteiger partial charge in [0.15, 0.2) is 0 Å². The highest BCUT2D eigenvalue weighted by atomic mass is 19.1. The molecule has 0 amide bonds. The number of hydrogen-bond donors (Lipinski definition) is 1. The van der Waals surface area contributed by atoms with Crippen LogP contribution in [0.15, 0.2) is 24.3 Å². The van der Waals surface area contributed by atoms with Gasteiger partial charge in [0.2, 0.25) is 0 Å².